The molecule has 0 fully saturated rings. The van der Waals surface area contributed by atoms with Crippen LogP contribution in [0.3, 0.4) is 0 Å². The van der Waals surface area contributed by atoms with E-state index in [-0.39, 0.29) is 5.75 Å². The summed E-state index contributed by atoms with van der Waals surface area (Å²) in [6, 6.07) is 3.73. The Labute approximate surface area is 98.8 Å². The van der Waals surface area contributed by atoms with Crippen LogP contribution >= 0.6 is 0 Å². The quantitative estimate of drug-likeness (QED) is 0.808. The summed E-state index contributed by atoms with van der Waals surface area (Å²) in [7, 11) is 0. The van der Waals surface area contributed by atoms with Crippen molar-refractivity contribution in [3.05, 3.63) is 29.3 Å². The molecule has 0 aromatic heterocycles. The van der Waals surface area contributed by atoms with E-state index in [4.69, 9.17) is 4.74 Å². The maximum Gasteiger partial charge on any atom is 0.416 e. The van der Waals surface area contributed by atoms with Crippen LogP contribution in [0, 0.1) is 6.92 Å². The Bertz CT molecular complexity index is 363. The lowest BCUT2D eigenvalue weighted by Crippen LogP contribution is -2.20. The van der Waals surface area contributed by atoms with Gasteiger partial charge in [-0.05, 0) is 37.2 Å². The lowest BCUT2D eigenvalue weighted by molar-refractivity contribution is -0.137. The van der Waals surface area contributed by atoms with Gasteiger partial charge in [0.15, 0.2) is 0 Å². The molecule has 17 heavy (non-hydrogen) atoms. The molecular formula is C12H16F3NO. The molecule has 5 heteroatoms. The Kier molecular flexibility index (Phi) is 4.81. The van der Waals surface area contributed by atoms with Crippen LogP contribution in [0.25, 0.3) is 0 Å². The van der Waals surface area contributed by atoms with Crippen molar-refractivity contribution in [1.82, 2.24) is 5.32 Å². The molecule has 0 bridgehead atoms. The summed E-state index contributed by atoms with van der Waals surface area (Å²) in [4.78, 5) is 0. The van der Waals surface area contributed by atoms with Gasteiger partial charge in [-0.1, -0.05) is 6.92 Å². The summed E-state index contributed by atoms with van der Waals surface area (Å²) in [5, 5.41) is 3.03. The molecule has 0 saturated heterocycles. The first-order valence-electron chi connectivity index (χ1n) is 5.46. The summed E-state index contributed by atoms with van der Waals surface area (Å²) in [5.41, 5.74) is -0.130. The van der Waals surface area contributed by atoms with Gasteiger partial charge in [0.05, 0.1) is 5.56 Å². The second kappa shape index (κ2) is 5.91. The van der Waals surface area contributed by atoms with Crippen molar-refractivity contribution in [3.63, 3.8) is 0 Å². The molecule has 1 aromatic carbocycles. The van der Waals surface area contributed by atoms with Crippen molar-refractivity contribution in [1.29, 1.82) is 0 Å². The van der Waals surface area contributed by atoms with E-state index in [1.165, 1.54) is 0 Å². The zero-order valence-corrected chi connectivity index (χ0v) is 9.90. The van der Waals surface area contributed by atoms with Gasteiger partial charge in [-0.15, -0.1) is 0 Å². The Morgan fingerprint density at radius 1 is 1.24 bits per heavy atom. The fraction of sp³-hybridized carbons (Fsp3) is 0.500. The zero-order chi connectivity index (χ0) is 12.9. The van der Waals surface area contributed by atoms with Crippen molar-refractivity contribution in [2.24, 2.45) is 0 Å². The molecule has 0 aliphatic heterocycles. The van der Waals surface area contributed by atoms with Crippen LogP contribution in [-0.4, -0.2) is 19.7 Å². The van der Waals surface area contributed by atoms with Crippen molar-refractivity contribution < 1.29 is 17.9 Å². The molecule has 0 radical (unpaired) electrons. The molecule has 0 amide bonds. The third-order valence-electron chi connectivity index (χ3n) is 2.18. The highest BCUT2D eigenvalue weighted by atomic mass is 19.4. The fourth-order valence-electron chi connectivity index (χ4n) is 1.41. The molecule has 1 rings (SSSR count). The summed E-state index contributed by atoms with van der Waals surface area (Å²) in [6.07, 6.45) is -4.33. The van der Waals surface area contributed by atoms with E-state index in [0.717, 1.165) is 18.7 Å². The molecule has 96 valence electrons. The maximum atomic E-state index is 12.5. The molecule has 0 atom stereocenters. The summed E-state index contributed by atoms with van der Waals surface area (Å²) in [6.45, 7) is 5.35. The van der Waals surface area contributed by atoms with Gasteiger partial charge in [0.25, 0.3) is 0 Å². The first-order valence-corrected chi connectivity index (χ1v) is 5.46. The molecule has 0 aliphatic rings. The molecule has 0 saturated carbocycles. The largest absolute Gasteiger partial charge is 0.492 e. The Hall–Kier alpha value is -1.23. The molecule has 0 unspecified atom stereocenters. The van der Waals surface area contributed by atoms with Crippen LogP contribution < -0.4 is 10.1 Å². The van der Waals surface area contributed by atoms with E-state index in [1.54, 1.807) is 13.0 Å². The van der Waals surface area contributed by atoms with E-state index in [2.05, 4.69) is 5.32 Å². The predicted molar refractivity (Wildman–Crippen MR) is 60.2 cm³/mol. The van der Waals surface area contributed by atoms with E-state index < -0.39 is 11.7 Å². The number of halogens is 3. The van der Waals surface area contributed by atoms with Crippen LogP contribution in [0.4, 0.5) is 13.2 Å². The highest BCUT2D eigenvalue weighted by Crippen LogP contribution is 2.32. The van der Waals surface area contributed by atoms with Crippen molar-refractivity contribution in [2.75, 3.05) is 19.7 Å². The van der Waals surface area contributed by atoms with Crippen LogP contribution in [0.5, 0.6) is 5.75 Å². The van der Waals surface area contributed by atoms with Gasteiger partial charge in [0.1, 0.15) is 12.4 Å². The average molecular weight is 247 g/mol. The first kappa shape index (κ1) is 13.8. The van der Waals surface area contributed by atoms with E-state index >= 15 is 0 Å². The molecule has 1 aromatic rings. The third kappa shape index (κ3) is 4.65. The first-order chi connectivity index (χ1) is 7.93. The van der Waals surface area contributed by atoms with Crippen LogP contribution in [-0.2, 0) is 6.18 Å². The Morgan fingerprint density at radius 3 is 2.53 bits per heavy atom. The fourth-order valence-corrected chi connectivity index (χ4v) is 1.41. The standard InChI is InChI=1S/C12H16F3NO/c1-3-16-4-5-17-11-7-9(2)6-10(8-11)12(13,14)15/h6-8,16H,3-5H2,1-2H3. The summed E-state index contributed by atoms with van der Waals surface area (Å²) < 4.78 is 42.8. The number of hydrogen-bond acceptors (Lipinski definition) is 2. The molecular weight excluding hydrogens is 231 g/mol. The summed E-state index contributed by atoms with van der Waals surface area (Å²) in [5.74, 6) is 0.259. The van der Waals surface area contributed by atoms with Gasteiger partial charge < -0.3 is 10.1 Å². The van der Waals surface area contributed by atoms with Gasteiger partial charge in [0, 0.05) is 6.54 Å². The Balaban J connectivity index is 2.69. The normalized spacial score (nSPS) is 11.6. The Morgan fingerprint density at radius 2 is 1.94 bits per heavy atom. The second-order valence-corrected chi connectivity index (χ2v) is 3.73. The van der Waals surface area contributed by atoms with E-state index in [1.807, 2.05) is 6.92 Å². The second-order valence-electron chi connectivity index (χ2n) is 3.73. The van der Waals surface area contributed by atoms with E-state index in [0.29, 0.717) is 18.7 Å². The van der Waals surface area contributed by atoms with Crippen molar-refractivity contribution in [3.8, 4) is 5.75 Å². The SMILES string of the molecule is CCNCCOc1cc(C)cc(C(F)(F)F)c1. The van der Waals surface area contributed by atoms with Crippen LogP contribution in [0.1, 0.15) is 18.1 Å². The van der Waals surface area contributed by atoms with E-state index in [9.17, 15) is 13.2 Å². The lowest BCUT2D eigenvalue weighted by atomic mass is 10.1. The lowest BCUT2D eigenvalue weighted by Gasteiger charge is -2.12. The monoisotopic (exact) mass is 247 g/mol. The van der Waals surface area contributed by atoms with Crippen LogP contribution in [0.15, 0.2) is 18.2 Å². The number of benzene rings is 1. The minimum Gasteiger partial charge on any atom is -0.492 e. The van der Waals surface area contributed by atoms with Gasteiger partial charge in [0.2, 0.25) is 0 Å². The van der Waals surface area contributed by atoms with Gasteiger partial charge in [-0.2, -0.15) is 13.2 Å². The predicted octanol–water partition coefficient (Wildman–Crippen LogP) is 3.00. The smallest absolute Gasteiger partial charge is 0.416 e. The van der Waals surface area contributed by atoms with Gasteiger partial charge in [-0.25, -0.2) is 0 Å². The number of nitrogens with one attached hydrogen (secondary N) is 1. The minimum atomic E-state index is -4.33. The van der Waals surface area contributed by atoms with Crippen molar-refractivity contribution in [2.45, 2.75) is 20.0 Å². The molecule has 0 spiro atoms. The van der Waals surface area contributed by atoms with Crippen molar-refractivity contribution >= 4 is 0 Å². The number of rotatable bonds is 5. The molecule has 0 heterocycles. The number of ether oxygens (including phenoxy) is 1. The minimum absolute atomic E-state index is 0.259. The average Bonchev–Trinajstić information content (AvgIpc) is 2.22. The van der Waals surface area contributed by atoms with Gasteiger partial charge in [-0.3, -0.25) is 0 Å². The number of hydrogen-bond donors (Lipinski definition) is 1. The van der Waals surface area contributed by atoms with Gasteiger partial charge >= 0.3 is 6.18 Å². The number of aryl methyl sites for hydroxylation is 1. The highest BCUT2D eigenvalue weighted by Gasteiger charge is 2.31. The molecule has 2 nitrogen and oxygen atoms in total. The maximum absolute atomic E-state index is 12.5. The number of likely N-dealkylation sites (N-methyl/N-ethyl adjacent to an activating group) is 1. The zero-order valence-electron chi connectivity index (χ0n) is 9.90. The molecule has 0 aliphatic carbocycles. The summed E-state index contributed by atoms with van der Waals surface area (Å²) >= 11 is 0. The highest BCUT2D eigenvalue weighted by molar-refractivity contribution is 5.35. The third-order valence-corrected chi connectivity index (χ3v) is 2.18. The number of alkyl halides is 3. The molecule has 1 N–H and O–H groups in total. The topological polar surface area (TPSA) is 21.3 Å². The van der Waals surface area contributed by atoms with Crippen LogP contribution in [0.2, 0.25) is 0 Å².